The van der Waals surface area contributed by atoms with E-state index in [0.717, 1.165) is 17.6 Å². The standard InChI is InChI=1S/C20H18N2O/c1-2-7-20(23)22-18-11-6-3-8-14(18)12-19(22)16-13-21-17-10-5-4-9-15(16)17/h2-11,13,19,21H,12H2,1H3/b7-2-/t19-/m0/s1. The molecule has 0 bridgehead atoms. The first kappa shape index (κ1) is 13.8. The Morgan fingerprint density at radius 2 is 1.96 bits per heavy atom. The Kier molecular flexibility index (Phi) is 3.27. The molecule has 1 aliphatic heterocycles. The van der Waals surface area contributed by atoms with Gasteiger partial charge in [-0.2, -0.15) is 0 Å². The predicted octanol–water partition coefficient (Wildman–Crippen LogP) is 4.37. The van der Waals surface area contributed by atoms with Gasteiger partial charge in [-0.3, -0.25) is 4.79 Å². The van der Waals surface area contributed by atoms with Gasteiger partial charge < -0.3 is 9.88 Å². The van der Waals surface area contributed by atoms with Crippen LogP contribution < -0.4 is 4.90 Å². The number of aromatic nitrogens is 1. The lowest BCUT2D eigenvalue weighted by molar-refractivity contribution is -0.114. The molecule has 0 saturated heterocycles. The average molecular weight is 302 g/mol. The first-order valence-corrected chi connectivity index (χ1v) is 7.89. The summed E-state index contributed by atoms with van der Waals surface area (Å²) in [7, 11) is 0. The summed E-state index contributed by atoms with van der Waals surface area (Å²) in [5, 5.41) is 1.18. The fourth-order valence-corrected chi connectivity index (χ4v) is 3.50. The van der Waals surface area contributed by atoms with E-state index in [0.29, 0.717) is 0 Å². The van der Waals surface area contributed by atoms with Crippen LogP contribution in [0.4, 0.5) is 5.69 Å². The number of nitrogens with zero attached hydrogens (tertiary/aromatic N) is 1. The maximum absolute atomic E-state index is 12.7. The van der Waals surface area contributed by atoms with E-state index in [2.05, 4.69) is 23.2 Å². The molecule has 1 atom stereocenters. The van der Waals surface area contributed by atoms with E-state index in [1.54, 1.807) is 12.2 Å². The third kappa shape index (κ3) is 2.16. The van der Waals surface area contributed by atoms with Crippen LogP contribution >= 0.6 is 0 Å². The Morgan fingerprint density at radius 1 is 1.17 bits per heavy atom. The van der Waals surface area contributed by atoms with Gasteiger partial charge in [0.05, 0.1) is 6.04 Å². The monoisotopic (exact) mass is 302 g/mol. The number of carbonyl (C=O) groups is 1. The van der Waals surface area contributed by atoms with E-state index < -0.39 is 0 Å². The van der Waals surface area contributed by atoms with Gasteiger partial charge in [-0.1, -0.05) is 42.5 Å². The normalized spacial score (nSPS) is 17.1. The minimum absolute atomic E-state index is 0.0345. The SMILES string of the molecule is C/C=C\C(=O)N1c2ccccc2C[C@H]1c1c[nH]c2ccccc12. The summed E-state index contributed by atoms with van der Waals surface area (Å²) in [4.78, 5) is 17.9. The summed E-state index contributed by atoms with van der Waals surface area (Å²) < 4.78 is 0. The van der Waals surface area contributed by atoms with Crippen LogP contribution in [0, 0.1) is 0 Å². The summed E-state index contributed by atoms with van der Waals surface area (Å²) in [5.74, 6) is 0.0349. The molecule has 4 rings (SSSR count). The van der Waals surface area contributed by atoms with Crippen molar-refractivity contribution >= 4 is 22.5 Å². The third-order valence-electron chi connectivity index (χ3n) is 4.50. The number of anilines is 1. The molecule has 3 nitrogen and oxygen atoms in total. The molecule has 3 heteroatoms. The third-order valence-corrected chi connectivity index (χ3v) is 4.50. The molecule has 0 fully saturated rings. The number of fused-ring (bicyclic) bond motifs is 2. The second-order valence-corrected chi connectivity index (χ2v) is 5.85. The van der Waals surface area contributed by atoms with Gasteiger partial charge in [0.2, 0.25) is 0 Å². The van der Waals surface area contributed by atoms with Crippen molar-refractivity contribution in [1.82, 2.24) is 4.98 Å². The van der Waals surface area contributed by atoms with Crippen molar-refractivity contribution in [3.05, 3.63) is 78.0 Å². The zero-order valence-corrected chi connectivity index (χ0v) is 13.0. The van der Waals surface area contributed by atoms with Gasteiger partial charge >= 0.3 is 0 Å². The summed E-state index contributed by atoms with van der Waals surface area (Å²) in [5.41, 5.74) is 4.53. The topological polar surface area (TPSA) is 36.1 Å². The van der Waals surface area contributed by atoms with E-state index in [-0.39, 0.29) is 11.9 Å². The zero-order valence-electron chi connectivity index (χ0n) is 13.0. The summed E-state index contributed by atoms with van der Waals surface area (Å²) in [6.07, 6.45) is 6.33. The molecule has 3 aromatic rings. The van der Waals surface area contributed by atoms with Crippen LogP contribution in [0.25, 0.3) is 10.9 Å². The number of rotatable bonds is 2. The molecule has 0 aliphatic carbocycles. The van der Waals surface area contributed by atoms with Crippen LogP contribution in [-0.4, -0.2) is 10.9 Å². The van der Waals surface area contributed by atoms with Crippen molar-refractivity contribution in [3.63, 3.8) is 0 Å². The highest BCUT2D eigenvalue weighted by Gasteiger charge is 2.34. The first-order valence-electron chi connectivity index (χ1n) is 7.89. The molecular weight excluding hydrogens is 284 g/mol. The maximum Gasteiger partial charge on any atom is 0.251 e. The summed E-state index contributed by atoms with van der Waals surface area (Å²) >= 11 is 0. The van der Waals surface area contributed by atoms with E-state index in [1.165, 1.54) is 16.5 Å². The number of H-pyrrole nitrogens is 1. The van der Waals surface area contributed by atoms with Gasteiger partial charge in [-0.15, -0.1) is 0 Å². The van der Waals surface area contributed by atoms with E-state index in [9.17, 15) is 4.79 Å². The maximum atomic E-state index is 12.7. The average Bonchev–Trinajstić information content (AvgIpc) is 3.16. The van der Waals surface area contributed by atoms with Crippen molar-refractivity contribution in [3.8, 4) is 0 Å². The molecule has 1 aromatic heterocycles. The van der Waals surface area contributed by atoms with Gasteiger partial charge in [0, 0.05) is 28.4 Å². The predicted molar refractivity (Wildman–Crippen MR) is 93.5 cm³/mol. The van der Waals surface area contributed by atoms with Crippen molar-refractivity contribution in [2.75, 3.05) is 4.90 Å². The molecule has 0 saturated carbocycles. The van der Waals surface area contributed by atoms with Crippen molar-refractivity contribution in [2.45, 2.75) is 19.4 Å². The van der Waals surface area contributed by atoms with Crippen LogP contribution in [0.3, 0.4) is 0 Å². The van der Waals surface area contributed by atoms with E-state index in [1.807, 2.05) is 48.4 Å². The number of aromatic amines is 1. The molecule has 2 heterocycles. The molecule has 2 aromatic carbocycles. The van der Waals surface area contributed by atoms with E-state index in [4.69, 9.17) is 0 Å². The van der Waals surface area contributed by atoms with Gasteiger partial charge in [-0.05, 0) is 37.1 Å². The fourth-order valence-electron chi connectivity index (χ4n) is 3.50. The Bertz CT molecular complexity index is 907. The minimum Gasteiger partial charge on any atom is -0.361 e. The van der Waals surface area contributed by atoms with Crippen LogP contribution in [0.2, 0.25) is 0 Å². The highest BCUT2D eigenvalue weighted by molar-refractivity contribution is 6.04. The van der Waals surface area contributed by atoms with Crippen molar-refractivity contribution in [1.29, 1.82) is 0 Å². The second-order valence-electron chi connectivity index (χ2n) is 5.85. The van der Waals surface area contributed by atoms with Crippen molar-refractivity contribution in [2.24, 2.45) is 0 Å². The molecular formula is C20H18N2O. The summed E-state index contributed by atoms with van der Waals surface area (Å²) in [6.45, 7) is 1.88. The van der Waals surface area contributed by atoms with Gasteiger partial charge in [0.15, 0.2) is 0 Å². The quantitative estimate of drug-likeness (QED) is 0.701. The minimum atomic E-state index is 0.0345. The highest BCUT2D eigenvalue weighted by atomic mass is 16.2. The number of allylic oxidation sites excluding steroid dienone is 1. The number of hydrogen-bond donors (Lipinski definition) is 1. The number of benzene rings is 2. The van der Waals surface area contributed by atoms with Crippen LogP contribution in [-0.2, 0) is 11.2 Å². The Balaban J connectivity index is 1.86. The van der Waals surface area contributed by atoms with Gasteiger partial charge in [0.25, 0.3) is 5.91 Å². The zero-order chi connectivity index (χ0) is 15.8. The Hall–Kier alpha value is -2.81. The van der Waals surface area contributed by atoms with Gasteiger partial charge in [-0.25, -0.2) is 0 Å². The van der Waals surface area contributed by atoms with Crippen molar-refractivity contribution < 1.29 is 4.79 Å². The number of amides is 1. The Morgan fingerprint density at radius 3 is 2.83 bits per heavy atom. The molecule has 0 unspecified atom stereocenters. The van der Waals surface area contributed by atoms with Gasteiger partial charge in [0.1, 0.15) is 0 Å². The molecule has 114 valence electrons. The number of nitrogens with one attached hydrogen (secondary N) is 1. The molecule has 0 spiro atoms. The molecule has 1 aliphatic rings. The van der Waals surface area contributed by atoms with Crippen LogP contribution in [0.5, 0.6) is 0 Å². The van der Waals surface area contributed by atoms with Crippen LogP contribution in [0.15, 0.2) is 66.9 Å². The number of para-hydroxylation sites is 2. The molecule has 23 heavy (non-hydrogen) atoms. The lowest BCUT2D eigenvalue weighted by Gasteiger charge is -2.24. The molecule has 0 radical (unpaired) electrons. The molecule has 1 amide bonds. The first-order chi connectivity index (χ1) is 11.3. The van der Waals surface area contributed by atoms with E-state index >= 15 is 0 Å². The fraction of sp³-hybridized carbons (Fsp3) is 0.150. The van der Waals surface area contributed by atoms with Crippen LogP contribution in [0.1, 0.15) is 24.1 Å². The number of hydrogen-bond acceptors (Lipinski definition) is 1. The highest BCUT2D eigenvalue weighted by Crippen LogP contribution is 2.42. The smallest absolute Gasteiger partial charge is 0.251 e. The lowest BCUT2D eigenvalue weighted by atomic mass is 10.0. The molecule has 1 N–H and O–H groups in total. The number of carbonyl (C=O) groups excluding carboxylic acids is 1. The second kappa shape index (κ2) is 5.43. The summed E-state index contributed by atoms with van der Waals surface area (Å²) in [6, 6.07) is 16.5. The Labute approximate surface area is 135 Å². The largest absolute Gasteiger partial charge is 0.361 e. The lowest BCUT2D eigenvalue weighted by Crippen LogP contribution is -2.30.